The van der Waals surface area contributed by atoms with Gasteiger partial charge in [0.1, 0.15) is 5.82 Å². The molecule has 0 aromatic heterocycles. The molecule has 1 unspecified atom stereocenters. The molecule has 6 heteroatoms. The Morgan fingerprint density at radius 1 is 1.40 bits per heavy atom. The first-order valence-corrected chi connectivity index (χ1v) is 8.99. The highest BCUT2D eigenvalue weighted by molar-refractivity contribution is 5.79. The number of halogens is 1. The van der Waals surface area contributed by atoms with Crippen molar-refractivity contribution in [3.8, 4) is 0 Å². The van der Waals surface area contributed by atoms with E-state index in [-0.39, 0.29) is 17.3 Å². The number of likely N-dealkylation sites (N-methyl/N-ethyl adjacent to an activating group) is 1. The summed E-state index contributed by atoms with van der Waals surface area (Å²) in [5.74, 6) is 0.557. The van der Waals surface area contributed by atoms with Crippen molar-refractivity contribution < 1.29 is 9.13 Å². The van der Waals surface area contributed by atoms with E-state index in [2.05, 4.69) is 36.4 Å². The average Bonchev–Trinajstić information content (AvgIpc) is 2.57. The first-order chi connectivity index (χ1) is 11.9. The second-order valence-corrected chi connectivity index (χ2v) is 7.23. The number of nitrogens with one attached hydrogen (secondary N) is 2. The highest BCUT2D eigenvalue weighted by Gasteiger charge is 2.22. The van der Waals surface area contributed by atoms with Gasteiger partial charge in [0.15, 0.2) is 5.96 Å². The maximum absolute atomic E-state index is 13.5. The number of benzene rings is 1. The van der Waals surface area contributed by atoms with E-state index in [9.17, 15) is 4.39 Å². The Kier molecular flexibility index (Phi) is 7.20. The fraction of sp³-hybridized carbons (Fsp3) is 0.632. The molecule has 1 aromatic carbocycles. The molecule has 0 bridgehead atoms. The maximum Gasteiger partial charge on any atom is 0.191 e. The summed E-state index contributed by atoms with van der Waals surface area (Å²) >= 11 is 0. The fourth-order valence-electron chi connectivity index (χ4n) is 2.82. The van der Waals surface area contributed by atoms with Crippen molar-refractivity contribution in [2.45, 2.75) is 32.3 Å². The summed E-state index contributed by atoms with van der Waals surface area (Å²) in [7, 11) is 2.11. The van der Waals surface area contributed by atoms with E-state index in [1.807, 2.05) is 13.0 Å². The van der Waals surface area contributed by atoms with Crippen molar-refractivity contribution in [2.75, 3.05) is 46.4 Å². The molecule has 0 aliphatic carbocycles. The van der Waals surface area contributed by atoms with E-state index in [0.717, 1.165) is 44.3 Å². The molecule has 2 rings (SSSR count). The number of morpholine rings is 1. The van der Waals surface area contributed by atoms with Gasteiger partial charge in [-0.25, -0.2) is 4.39 Å². The van der Waals surface area contributed by atoms with Gasteiger partial charge in [-0.2, -0.15) is 0 Å². The molecule has 140 valence electrons. The number of hydrogen-bond acceptors (Lipinski definition) is 3. The summed E-state index contributed by atoms with van der Waals surface area (Å²) in [4.78, 5) is 6.97. The summed E-state index contributed by atoms with van der Waals surface area (Å²) in [6.45, 7) is 10.9. The van der Waals surface area contributed by atoms with Crippen molar-refractivity contribution in [3.05, 3.63) is 35.6 Å². The first kappa shape index (κ1) is 19.7. The lowest BCUT2D eigenvalue weighted by Gasteiger charge is -2.30. The number of rotatable bonds is 6. The second kappa shape index (κ2) is 9.15. The van der Waals surface area contributed by atoms with Crippen LogP contribution in [0.5, 0.6) is 0 Å². The van der Waals surface area contributed by atoms with Gasteiger partial charge in [-0.3, -0.25) is 4.99 Å². The molecule has 5 nitrogen and oxygen atoms in total. The van der Waals surface area contributed by atoms with Crippen LogP contribution in [-0.4, -0.2) is 63.3 Å². The average molecular weight is 350 g/mol. The molecule has 1 heterocycles. The van der Waals surface area contributed by atoms with Gasteiger partial charge >= 0.3 is 0 Å². The minimum absolute atomic E-state index is 0.166. The van der Waals surface area contributed by atoms with Gasteiger partial charge in [-0.1, -0.05) is 26.0 Å². The molecule has 25 heavy (non-hydrogen) atoms. The maximum atomic E-state index is 13.5. The summed E-state index contributed by atoms with van der Waals surface area (Å²) in [6.07, 6.45) is 0.166. The Balaban J connectivity index is 1.95. The van der Waals surface area contributed by atoms with Crippen LogP contribution in [0.25, 0.3) is 0 Å². The van der Waals surface area contributed by atoms with E-state index >= 15 is 0 Å². The monoisotopic (exact) mass is 350 g/mol. The second-order valence-electron chi connectivity index (χ2n) is 7.23. The number of hydrogen-bond donors (Lipinski definition) is 2. The van der Waals surface area contributed by atoms with Crippen molar-refractivity contribution in [3.63, 3.8) is 0 Å². The van der Waals surface area contributed by atoms with Crippen LogP contribution < -0.4 is 10.6 Å². The standard InChI is InChI=1S/C19H31FN4O/c1-5-21-18(22-12-17-13-24(4)9-10-25-17)23-14-19(2,3)15-7-6-8-16(20)11-15/h6-8,11,17H,5,9-10,12-14H2,1-4H3,(H2,21,22,23). The van der Waals surface area contributed by atoms with Crippen LogP contribution >= 0.6 is 0 Å². The van der Waals surface area contributed by atoms with Gasteiger partial charge < -0.3 is 20.3 Å². The van der Waals surface area contributed by atoms with E-state index in [4.69, 9.17) is 9.73 Å². The Labute approximate surface area is 150 Å². The quantitative estimate of drug-likeness (QED) is 0.609. The lowest BCUT2D eigenvalue weighted by molar-refractivity contribution is -0.0161. The minimum Gasteiger partial charge on any atom is -0.374 e. The predicted molar refractivity (Wildman–Crippen MR) is 101 cm³/mol. The minimum atomic E-state index is -0.244. The molecule has 1 fully saturated rings. The summed E-state index contributed by atoms with van der Waals surface area (Å²) in [5, 5.41) is 6.62. The fourth-order valence-corrected chi connectivity index (χ4v) is 2.82. The molecule has 0 spiro atoms. The van der Waals surface area contributed by atoms with E-state index in [1.165, 1.54) is 6.07 Å². The topological polar surface area (TPSA) is 48.9 Å². The summed E-state index contributed by atoms with van der Waals surface area (Å²) < 4.78 is 19.3. The number of guanidine groups is 1. The van der Waals surface area contributed by atoms with Crippen LogP contribution in [-0.2, 0) is 10.2 Å². The molecule has 1 aliphatic heterocycles. The van der Waals surface area contributed by atoms with Crippen LogP contribution in [0.1, 0.15) is 26.3 Å². The molecule has 0 radical (unpaired) electrons. The van der Waals surface area contributed by atoms with Crippen LogP contribution in [0.15, 0.2) is 29.3 Å². The normalized spacial score (nSPS) is 19.7. The van der Waals surface area contributed by atoms with Crippen molar-refractivity contribution in [1.29, 1.82) is 0 Å². The number of ether oxygens (including phenoxy) is 1. The Hall–Kier alpha value is -1.66. The van der Waals surface area contributed by atoms with Crippen LogP contribution in [0, 0.1) is 5.82 Å². The van der Waals surface area contributed by atoms with Crippen molar-refractivity contribution >= 4 is 5.96 Å². The van der Waals surface area contributed by atoms with Gasteiger partial charge in [-0.05, 0) is 31.7 Å². The first-order valence-electron chi connectivity index (χ1n) is 8.99. The van der Waals surface area contributed by atoms with Crippen molar-refractivity contribution in [1.82, 2.24) is 15.5 Å². The zero-order chi connectivity index (χ0) is 18.3. The largest absolute Gasteiger partial charge is 0.374 e. The number of nitrogens with zero attached hydrogens (tertiary/aromatic N) is 2. The van der Waals surface area contributed by atoms with Gasteiger partial charge in [0.25, 0.3) is 0 Å². The molecule has 0 amide bonds. The number of aliphatic imine (C=N–C) groups is 1. The smallest absolute Gasteiger partial charge is 0.191 e. The van der Waals surface area contributed by atoms with Crippen LogP contribution in [0.3, 0.4) is 0 Å². The van der Waals surface area contributed by atoms with Gasteiger partial charge in [0, 0.05) is 31.6 Å². The van der Waals surface area contributed by atoms with E-state index in [0.29, 0.717) is 6.54 Å². The lowest BCUT2D eigenvalue weighted by atomic mass is 9.85. The highest BCUT2D eigenvalue weighted by Crippen LogP contribution is 2.24. The van der Waals surface area contributed by atoms with E-state index < -0.39 is 0 Å². The molecular formula is C19H31FN4O. The lowest BCUT2D eigenvalue weighted by Crippen LogP contribution is -2.48. The molecule has 2 N–H and O–H groups in total. The molecule has 1 aliphatic rings. The Morgan fingerprint density at radius 3 is 2.88 bits per heavy atom. The third-order valence-electron chi connectivity index (χ3n) is 4.42. The van der Waals surface area contributed by atoms with Gasteiger partial charge in [0.05, 0.1) is 19.3 Å². The molecule has 0 saturated carbocycles. The third kappa shape index (κ3) is 6.29. The third-order valence-corrected chi connectivity index (χ3v) is 4.42. The molecular weight excluding hydrogens is 319 g/mol. The van der Waals surface area contributed by atoms with Crippen LogP contribution in [0.4, 0.5) is 4.39 Å². The Morgan fingerprint density at radius 2 is 2.20 bits per heavy atom. The Bertz CT molecular complexity index is 576. The van der Waals surface area contributed by atoms with Crippen LogP contribution in [0.2, 0.25) is 0 Å². The summed E-state index contributed by atoms with van der Waals surface area (Å²) in [5.41, 5.74) is 0.704. The zero-order valence-corrected chi connectivity index (χ0v) is 15.8. The van der Waals surface area contributed by atoms with Crippen molar-refractivity contribution in [2.24, 2.45) is 4.99 Å². The summed E-state index contributed by atoms with van der Waals surface area (Å²) in [6, 6.07) is 6.75. The van der Waals surface area contributed by atoms with Gasteiger partial charge in [0.2, 0.25) is 0 Å². The molecule has 1 aromatic rings. The van der Waals surface area contributed by atoms with Gasteiger partial charge in [-0.15, -0.1) is 0 Å². The molecule has 1 saturated heterocycles. The highest BCUT2D eigenvalue weighted by atomic mass is 19.1. The van der Waals surface area contributed by atoms with E-state index in [1.54, 1.807) is 12.1 Å². The molecule has 1 atom stereocenters. The SMILES string of the molecule is CCNC(=NCC(C)(C)c1cccc(F)c1)NCC1CN(C)CCO1. The zero-order valence-electron chi connectivity index (χ0n) is 15.8. The predicted octanol–water partition coefficient (Wildman–Crippen LogP) is 1.99.